The second kappa shape index (κ2) is 6.80. The summed E-state index contributed by atoms with van der Waals surface area (Å²) in [5, 5.41) is 4.34. The average molecular weight is 337 g/mol. The molecule has 1 aliphatic rings. The highest BCUT2D eigenvalue weighted by molar-refractivity contribution is 7.88. The monoisotopic (exact) mass is 337 g/mol. The zero-order valence-electron chi connectivity index (χ0n) is 12.8. The summed E-state index contributed by atoms with van der Waals surface area (Å²) in [6.07, 6.45) is 6.26. The number of hydrogen-bond donors (Lipinski definition) is 1. The molecule has 1 aromatic heterocycles. The first-order valence-corrected chi connectivity index (χ1v) is 9.45. The molecule has 0 unspecified atom stereocenters. The van der Waals surface area contributed by atoms with Crippen molar-refractivity contribution in [2.45, 2.75) is 38.0 Å². The number of nitrogens with one attached hydrogen (secondary N) is 1. The second-order valence-corrected chi connectivity index (χ2v) is 7.60. The van der Waals surface area contributed by atoms with Crippen LogP contribution >= 0.6 is 0 Å². The van der Waals surface area contributed by atoms with Gasteiger partial charge in [0.1, 0.15) is 5.82 Å². The van der Waals surface area contributed by atoms with Crippen LogP contribution in [0.4, 0.5) is 4.39 Å². The topological polar surface area (TPSA) is 64.0 Å². The molecule has 2 aromatic rings. The predicted octanol–water partition coefficient (Wildman–Crippen LogP) is 2.02. The van der Waals surface area contributed by atoms with E-state index in [1.807, 2.05) is 10.9 Å². The van der Waals surface area contributed by atoms with Crippen molar-refractivity contribution in [3.05, 3.63) is 53.1 Å². The third-order valence-electron chi connectivity index (χ3n) is 4.09. The van der Waals surface area contributed by atoms with Crippen molar-refractivity contribution < 1.29 is 12.8 Å². The molecule has 0 fully saturated rings. The second-order valence-electron chi connectivity index (χ2n) is 5.79. The van der Waals surface area contributed by atoms with Gasteiger partial charge in [-0.3, -0.25) is 4.68 Å². The molecule has 0 saturated carbocycles. The Hall–Kier alpha value is -1.73. The summed E-state index contributed by atoms with van der Waals surface area (Å²) < 4.78 is 42.1. The summed E-state index contributed by atoms with van der Waals surface area (Å²) in [5.74, 6) is -0.851. The lowest BCUT2D eigenvalue weighted by molar-refractivity contribution is 0.537. The van der Waals surface area contributed by atoms with E-state index in [4.69, 9.17) is 0 Å². The molecule has 124 valence electrons. The fourth-order valence-corrected chi connectivity index (χ4v) is 4.07. The molecule has 1 aromatic carbocycles. The van der Waals surface area contributed by atoms with Gasteiger partial charge in [0.2, 0.25) is 10.0 Å². The summed E-state index contributed by atoms with van der Waals surface area (Å²) in [5.41, 5.74) is 2.66. The van der Waals surface area contributed by atoms with Crippen LogP contribution < -0.4 is 4.72 Å². The Labute approximate surface area is 135 Å². The van der Waals surface area contributed by atoms with E-state index in [2.05, 4.69) is 9.82 Å². The lowest BCUT2D eigenvalue weighted by Gasteiger charge is -2.14. The van der Waals surface area contributed by atoms with Crippen LogP contribution in [0.3, 0.4) is 0 Å². The quantitative estimate of drug-likeness (QED) is 0.877. The molecule has 23 heavy (non-hydrogen) atoms. The van der Waals surface area contributed by atoms with Crippen LogP contribution in [-0.2, 0) is 35.2 Å². The first-order valence-electron chi connectivity index (χ1n) is 7.79. The molecule has 5 nitrogen and oxygen atoms in total. The van der Waals surface area contributed by atoms with E-state index in [-0.39, 0.29) is 17.9 Å². The number of rotatable bonds is 6. The fraction of sp³-hybridized carbons (Fsp3) is 0.438. The summed E-state index contributed by atoms with van der Waals surface area (Å²) in [6.45, 7) is 0.747. The summed E-state index contributed by atoms with van der Waals surface area (Å²) >= 11 is 0. The lowest BCUT2D eigenvalue weighted by atomic mass is 9.98. The molecule has 0 bridgehead atoms. The molecule has 0 saturated heterocycles. The Morgan fingerprint density at radius 3 is 2.83 bits per heavy atom. The molecule has 1 heterocycles. The van der Waals surface area contributed by atoms with E-state index in [9.17, 15) is 12.8 Å². The van der Waals surface area contributed by atoms with Gasteiger partial charge >= 0.3 is 0 Å². The van der Waals surface area contributed by atoms with Gasteiger partial charge in [-0.15, -0.1) is 0 Å². The SMILES string of the molecule is O=S(=O)(Cc1ccccc1F)NCCn1ncc2c1CCCC2. The number of fused-ring (bicyclic) bond motifs is 1. The Kier molecular flexibility index (Phi) is 4.77. The minimum absolute atomic E-state index is 0.177. The van der Waals surface area contributed by atoms with Crippen LogP contribution in [0.15, 0.2) is 30.5 Å². The van der Waals surface area contributed by atoms with Gasteiger partial charge in [-0.05, 0) is 37.3 Å². The standard InChI is InChI=1S/C16H20FN3O2S/c17-15-7-3-1-6-14(15)12-23(21,22)19-9-10-20-16-8-4-2-5-13(16)11-18-20/h1,3,6-7,11,19H,2,4-5,8-10,12H2. The van der Waals surface area contributed by atoms with Crippen LogP contribution in [0.2, 0.25) is 0 Å². The molecule has 0 aliphatic heterocycles. The molecule has 1 aliphatic carbocycles. The highest BCUT2D eigenvalue weighted by Crippen LogP contribution is 2.20. The van der Waals surface area contributed by atoms with Gasteiger partial charge in [-0.2, -0.15) is 5.10 Å². The highest BCUT2D eigenvalue weighted by Gasteiger charge is 2.16. The van der Waals surface area contributed by atoms with Crippen LogP contribution in [0, 0.1) is 5.82 Å². The van der Waals surface area contributed by atoms with Crippen LogP contribution in [0.1, 0.15) is 29.7 Å². The molecule has 0 radical (unpaired) electrons. The molecule has 0 spiro atoms. The van der Waals surface area contributed by atoms with Gasteiger partial charge in [0.25, 0.3) is 0 Å². The summed E-state index contributed by atoms with van der Waals surface area (Å²) in [7, 11) is -3.56. The molecule has 7 heteroatoms. The Balaban J connectivity index is 1.57. The van der Waals surface area contributed by atoms with E-state index in [0.717, 1.165) is 19.3 Å². The normalized spacial score (nSPS) is 14.7. The number of benzene rings is 1. The lowest BCUT2D eigenvalue weighted by Crippen LogP contribution is -2.29. The maximum Gasteiger partial charge on any atom is 0.215 e. The minimum atomic E-state index is -3.56. The van der Waals surface area contributed by atoms with E-state index in [0.29, 0.717) is 6.54 Å². The van der Waals surface area contributed by atoms with Crippen molar-refractivity contribution in [3.63, 3.8) is 0 Å². The van der Waals surface area contributed by atoms with Crippen molar-refractivity contribution in [1.82, 2.24) is 14.5 Å². The molecular formula is C16H20FN3O2S. The van der Waals surface area contributed by atoms with Crippen LogP contribution in [-0.4, -0.2) is 24.7 Å². The maximum atomic E-state index is 13.5. The highest BCUT2D eigenvalue weighted by atomic mass is 32.2. The number of halogens is 1. The van der Waals surface area contributed by atoms with Crippen molar-refractivity contribution in [3.8, 4) is 0 Å². The van der Waals surface area contributed by atoms with Gasteiger partial charge in [-0.25, -0.2) is 17.5 Å². The third kappa shape index (κ3) is 3.97. The van der Waals surface area contributed by atoms with Gasteiger partial charge in [0.15, 0.2) is 0 Å². The fourth-order valence-electron chi connectivity index (χ4n) is 2.93. The number of nitrogens with zero attached hydrogens (tertiary/aromatic N) is 2. The van der Waals surface area contributed by atoms with E-state index in [1.165, 1.54) is 29.8 Å². The Morgan fingerprint density at radius 1 is 1.22 bits per heavy atom. The first kappa shape index (κ1) is 16.1. The van der Waals surface area contributed by atoms with Crippen molar-refractivity contribution in [1.29, 1.82) is 0 Å². The van der Waals surface area contributed by atoms with Crippen molar-refractivity contribution in [2.75, 3.05) is 6.54 Å². The summed E-state index contributed by atoms with van der Waals surface area (Å²) in [6, 6.07) is 5.92. The Morgan fingerprint density at radius 2 is 2.00 bits per heavy atom. The molecule has 0 atom stereocenters. The van der Waals surface area contributed by atoms with Crippen LogP contribution in [0.5, 0.6) is 0 Å². The third-order valence-corrected chi connectivity index (χ3v) is 5.43. The van der Waals surface area contributed by atoms with Crippen molar-refractivity contribution in [2.24, 2.45) is 0 Å². The number of aromatic nitrogens is 2. The molecule has 0 amide bonds. The molecular weight excluding hydrogens is 317 g/mol. The van der Waals surface area contributed by atoms with E-state index < -0.39 is 15.8 Å². The smallest absolute Gasteiger partial charge is 0.215 e. The zero-order chi connectivity index (χ0) is 16.3. The van der Waals surface area contributed by atoms with Gasteiger partial charge in [-0.1, -0.05) is 18.2 Å². The Bertz CT molecular complexity index is 786. The first-order chi connectivity index (χ1) is 11.1. The van der Waals surface area contributed by atoms with Gasteiger partial charge in [0.05, 0.1) is 18.5 Å². The zero-order valence-corrected chi connectivity index (χ0v) is 13.7. The maximum absolute atomic E-state index is 13.5. The van der Waals surface area contributed by atoms with Crippen LogP contribution in [0.25, 0.3) is 0 Å². The molecule has 3 rings (SSSR count). The van der Waals surface area contributed by atoms with Gasteiger partial charge < -0.3 is 0 Å². The summed E-state index contributed by atoms with van der Waals surface area (Å²) in [4.78, 5) is 0. The van der Waals surface area contributed by atoms with E-state index in [1.54, 1.807) is 12.1 Å². The van der Waals surface area contributed by atoms with E-state index >= 15 is 0 Å². The number of hydrogen-bond acceptors (Lipinski definition) is 3. The van der Waals surface area contributed by atoms with Gasteiger partial charge in [0, 0.05) is 17.8 Å². The number of aryl methyl sites for hydroxylation is 1. The van der Waals surface area contributed by atoms with Crippen molar-refractivity contribution >= 4 is 10.0 Å². The number of sulfonamides is 1. The predicted molar refractivity (Wildman–Crippen MR) is 85.9 cm³/mol. The largest absolute Gasteiger partial charge is 0.268 e. The molecule has 1 N–H and O–H groups in total. The average Bonchev–Trinajstić information content (AvgIpc) is 2.93. The minimum Gasteiger partial charge on any atom is -0.268 e.